The maximum Gasteiger partial charge on any atom is 0.171 e. The standard InChI is InChI=1S/C24H40N4O/c1-4-24(29)13-10-19-17(15-24)5-7-21-20(19)9-12-23(3)18(6-8-22(21)23)11-14-28-26-16(2)25-27-28/h17-22,29H,4-15H2,1-3H3/t17-,18+,19-,20+,21+,22-,23+,24+/m0/s1. The van der Waals surface area contributed by atoms with Crippen molar-refractivity contribution in [1.29, 1.82) is 0 Å². The number of nitrogens with zero attached hydrogens (tertiary/aromatic N) is 4. The molecule has 5 nitrogen and oxygen atoms in total. The summed E-state index contributed by atoms with van der Waals surface area (Å²) in [6, 6.07) is 0. The van der Waals surface area contributed by atoms with E-state index in [1.54, 1.807) is 4.80 Å². The number of fused-ring (bicyclic) bond motifs is 5. The molecule has 0 aliphatic heterocycles. The van der Waals surface area contributed by atoms with Gasteiger partial charge < -0.3 is 5.11 Å². The number of hydrogen-bond acceptors (Lipinski definition) is 4. The van der Waals surface area contributed by atoms with Crippen molar-refractivity contribution < 1.29 is 5.11 Å². The van der Waals surface area contributed by atoms with Gasteiger partial charge in [-0.05, 0) is 124 Å². The average molecular weight is 401 g/mol. The third-order valence-electron chi connectivity index (χ3n) is 10.2. The molecule has 0 saturated heterocycles. The molecule has 1 aromatic heterocycles. The van der Waals surface area contributed by atoms with Crippen molar-refractivity contribution in [2.24, 2.45) is 40.9 Å². The lowest BCUT2D eigenvalue weighted by Gasteiger charge is -2.57. The van der Waals surface area contributed by atoms with Crippen LogP contribution in [-0.2, 0) is 6.54 Å². The third-order valence-corrected chi connectivity index (χ3v) is 10.2. The van der Waals surface area contributed by atoms with Crippen LogP contribution in [0.1, 0.15) is 90.3 Å². The summed E-state index contributed by atoms with van der Waals surface area (Å²) < 4.78 is 0. The maximum atomic E-state index is 10.9. The Morgan fingerprint density at radius 1 is 1.03 bits per heavy atom. The number of aryl methyl sites for hydroxylation is 2. The fraction of sp³-hybridized carbons (Fsp3) is 0.958. The molecule has 29 heavy (non-hydrogen) atoms. The van der Waals surface area contributed by atoms with Crippen LogP contribution in [0.5, 0.6) is 0 Å². The summed E-state index contributed by atoms with van der Waals surface area (Å²) in [5.41, 5.74) is 0.159. The topological polar surface area (TPSA) is 63.8 Å². The van der Waals surface area contributed by atoms with Crippen molar-refractivity contribution >= 4 is 0 Å². The Balaban J connectivity index is 1.26. The first-order valence-electron chi connectivity index (χ1n) is 12.4. The normalized spacial score (nSPS) is 46.8. The number of tetrazole rings is 1. The zero-order chi connectivity index (χ0) is 20.2. The van der Waals surface area contributed by atoms with Crippen LogP contribution in [0.25, 0.3) is 0 Å². The lowest BCUT2D eigenvalue weighted by atomic mass is 9.49. The van der Waals surface area contributed by atoms with E-state index in [-0.39, 0.29) is 5.60 Å². The Labute approximate surface area is 176 Å². The lowest BCUT2D eigenvalue weighted by molar-refractivity contribution is -0.107. The van der Waals surface area contributed by atoms with Gasteiger partial charge in [0.15, 0.2) is 5.82 Å². The summed E-state index contributed by atoms with van der Waals surface area (Å²) in [6.45, 7) is 7.63. The molecule has 162 valence electrons. The highest BCUT2D eigenvalue weighted by atomic mass is 16.3. The number of aromatic nitrogens is 4. The second kappa shape index (κ2) is 7.32. The van der Waals surface area contributed by atoms with Crippen molar-refractivity contribution in [2.75, 3.05) is 0 Å². The summed E-state index contributed by atoms with van der Waals surface area (Å²) in [7, 11) is 0. The molecule has 8 atom stereocenters. The second-order valence-corrected chi connectivity index (χ2v) is 11.3. The average Bonchev–Trinajstić information content (AvgIpc) is 3.28. The van der Waals surface area contributed by atoms with Crippen LogP contribution < -0.4 is 0 Å². The zero-order valence-corrected chi connectivity index (χ0v) is 18.7. The SMILES string of the molecule is CC[C@@]1(O)CC[C@H]2[C@@H](CC[C@@H]3[C@@H]2CC[C@]2(C)[C@@H](CCn4nnc(C)n4)CC[C@@H]32)C1. The van der Waals surface area contributed by atoms with E-state index in [2.05, 4.69) is 29.3 Å². The number of rotatable bonds is 4. The van der Waals surface area contributed by atoms with E-state index < -0.39 is 0 Å². The number of hydrogen-bond donors (Lipinski definition) is 1. The molecule has 0 aromatic carbocycles. The molecule has 0 spiro atoms. The predicted octanol–water partition coefficient (Wildman–Crippen LogP) is 4.78. The maximum absolute atomic E-state index is 10.9. The van der Waals surface area contributed by atoms with Gasteiger partial charge in [-0.1, -0.05) is 13.8 Å². The summed E-state index contributed by atoms with van der Waals surface area (Å²) in [5, 5.41) is 23.5. The molecule has 4 aliphatic carbocycles. The van der Waals surface area contributed by atoms with E-state index in [0.29, 0.717) is 5.41 Å². The van der Waals surface area contributed by atoms with Crippen LogP contribution in [0.4, 0.5) is 0 Å². The largest absolute Gasteiger partial charge is 0.390 e. The van der Waals surface area contributed by atoms with Gasteiger partial charge in [0.25, 0.3) is 0 Å². The minimum atomic E-state index is -0.358. The lowest BCUT2D eigenvalue weighted by Crippen LogP contribution is -2.50. The van der Waals surface area contributed by atoms with Gasteiger partial charge in [-0.2, -0.15) is 4.80 Å². The fourth-order valence-electron chi connectivity index (χ4n) is 8.56. The summed E-state index contributed by atoms with van der Waals surface area (Å²) in [5.74, 6) is 6.08. The van der Waals surface area contributed by atoms with Gasteiger partial charge in [-0.25, -0.2) is 0 Å². The van der Waals surface area contributed by atoms with Crippen LogP contribution >= 0.6 is 0 Å². The Bertz CT molecular complexity index is 734. The summed E-state index contributed by atoms with van der Waals surface area (Å²) in [4.78, 5) is 1.81. The highest BCUT2D eigenvalue weighted by Gasteiger charge is 2.57. The van der Waals surface area contributed by atoms with Crippen molar-refractivity contribution in [2.45, 2.75) is 104 Å². The molecular formula is C24H40N4O. The van der Waals surface area contributed by atoms with E-state index in [0.717, 1.165) is 67.1 Å². The molecule has 1 heterocycles. The molecule has 0 unspecified atom stereocenters. The van der Waals surface area contributed by atoms with Crippen LogP contribution in [0.2, 0.25) is 0 Å². The fourth-order valence-corrected chi connectivity index (χ4v) is 8.56. The Hall–Kier alpha value is -0.970. The van der Waals surface area contributed by atoms with Gasteiger partial charge in [0.05, 0.1) is 12.1 Å². The molecule has 0 amide bonds. The van der Waals surface area contributed by atoms with E-state index in [1.807, 2.05) is 6.92 Å². The second-order valence-electron chi connectivity index (χ2n) is 11.3. The molecule has 4 aliphatic rings. The van der Waals surface area contributed by atoms with E-state index in [1.165, 1.54) is 51.4 Å². The molecule has 0 radical (unpaired) electrons. The van der Waals surface area contributed by atoms with Gasteiger partial charge in [0, 0.05) is 0 Å². The first kappa shape index (κ1) is 20.0. The molecular weight excluding hydrogens is 360 g/mol. The molecule has 5 heteroatoms. The van der Waals surface area contributed by atoms with Crippen LogP contribution in [0.15, 0.2) is 0 Å². The zero-order valence-electron chi connectivity index (χ0n) is 18.7. The summed E-state index contributed by atoms with van der Waals surface area (Å²) in [6.07, 6.45) is 14.0. The first-order chi connectivity index (χ1) is 13.9. The Morgan fingerprint density at radius 2 is 1.86 bits per heavy atom. The van der Waals surface area contributed by atoms with Crippen LogP contribution in [-0.4, -0.2) is 30.9 Å². The quantitative estimate of drug-likeness (QED) is 0.790. The van der Waals surface area contributed by atoms with Gasteiger partial charge in [0.2, 0.25) is 0 Å². The van der Waals surface area contributed by atoms with E-state index >= 15 is 0 Å². The van der Waals surface area contributed by atoms with Gasteiger partial charge in [-0.3, -0.25) is 0 Å². The molecule has 5 rings (SSSR count). The Morgan fingerprint density at radius 3 is 2.62 bits per heavy atom. The number of aliphatic hydroxyl groups is 1. The minimum absolute atomic E-state index is 0.358. The van der Waals surface area contributed by atoms with Gasteiger partial charge in [-0.15, -0.1) is 10.2 Å². The predicted molar refractivity (Wildman–Crippen MR) is 113 cm³/mol. The smallest absolute Gasteiger partial charge is 0.171 e. The van der Waals surface area contributed by atoms with E-state index in [9.17, 15) is 5.11 Å². The monoisotopic (exact) mass is 400 g/mol. The Kier molecular flexibility index (Phi) is 5.04. The van der Waals surface area contributed by atoms with Crippen LogP contribution in [0.3, 0.4) is 0 Å². The highest BCUT2D eigenvalue weighted by Crippen LogP contribution is 2.65. The molecule has 1 aromatic rings. The van der Waals surface area contributed by atoms with Crippen molar-refractivity contribution in [3.8, 4) is 0 Å². The highest BCUT2D eigenvalue weighted by molar-refractivity contribution is 5.06. The van der Waals surface area contributed by atoms with Crippen molar-refractivity contribution in [3.05, 3.63) is 5.82 Å². The minimum Gasteiger partial charge on any atom is -0.390 e. The summed E-state index contributed by atoms with van der Waals surface area (Å²) >= 11 is 0. The first-order valence-corrected chi connectivity index (χ1v) is 12.4. The van der Waals surface area contributed by atoms with Crippen molar-refractivity contribution in [3.63, 3.8) is 0 Å². The molecule has 1 N–H and O–H groups in total. The van der Waals surface area contributed by atoms with Crippen molar-refractivity contribution in [1.82, 2.24) is 20.2 Å². The molecule has 4 saturated carbocycles. The molecule has 0 bridgehead atoms. The third kappa shape index (κ3) is 3.36. The van der Waals surface area contributed by atoms with Crippen LogP contribution in [0, 0.1) is 47.8 Å². The van der Waals surface area contributed by atoms with Gasteiger partial charge in [0.1, 0.15) is 0 Å². The molecule has 4 fully saturated rings. The van der Waals surface area contributed by atoms with Gasteiger partial charge >= 0.3 is 0 Å². The van der Waals surface area contributed by atoms with E-state index in [4.69, 9.17) is 0 Å².